The molecule has 0 heterocycles. The third-order valence-corrected chi connectivity index (χ3v) is 5.91. The van der Waals surface area contributed by atoms with Gasteiger partial charge in [-0.2, -0.15) is 0 Å². The van der Waals surface area contributed by atoms with Crippen molar-refractivity contribution in [2.75, 3.05) is 6.54 Å². The number of rotatable bonds is 9. The van der Waals surface area contributed by atoms with Crippen LogP contribution in [0.5, 0.6) is 17.2 Å². The number of hydrogen-bond acceptors (Lipinski definition) is 5. The first kappa shape index (κ1) is 24.8. The van der Waals surface area contributed by atoms with Gasteiger partial charge < -0.3 is 25.4 Å². The summed E-state index contributed by atoms with van der Waals surface area (Å²) in [4.78, 5) is 23.5. The lowest BCUT2D eigenvalue weighted by molar-refractivity contribution is -0.136. The number of carboxylic acids is 1. The Kier molecular flexibility index (Phi) is 8.49. The van der Waals surface area contributed by atoms with Crippen molar-refractivity contribution in [2.45, 2.75) is 18.9 Å². The molecule has 0 aliphatic carbocycles. The number of aliphatic hydroxyl groups is 1. The van der Waals surface area contributed by atoms with Gasteiger partial charge >= 0.3 is 5.97 Å². The molecule has 0 fully saturated rings. The van der Waals surface area contributed by atoms with Crippen molar-refractivity contribution in [3.8, 4) is 17.2 Å². The van der Waals surface area contributed by atoms with Crippen LogP contribution in [-0.4, -0.2) is 33.7 Å². The molecule has 3 aromatic rings. The van der Waals surface area contributed by atoms with Gasteiger partial charge in [-0.3, -0.25) is 9.59 Å². The minimum absolute atomic E-state index is 0.0245. The number of ether oxygens (including phenoxy) is 1. The molecule has 4 N–H and O–H groups in total. The van der Waals surface area contributed by atoms with E-state index < -0.39 is 18.0 Å². The van der Waals surface area contributed by atoms with Crippen LogP contribution in [0.4, 0.5) is 0 Å². The van der Waals surface area contributed by atoms with Gasteiger partial charge in [0, 0.05) is 6.54 Å². The SMILES string of the molecule is O=C(O)Cc1cc(Br)c(Oc2ccc(O)c(C(=O)NCCC(O)c3ccccc3)c2)c(Br)c1. The fourth-order valence-electron chi connectivity index (χ4n) is 3.12. The number of aliphatic hydroxyl groups excluding tert-OH is 1. The monoisotopic (exact) mass is 577 g/mol. The highest BCUT2D eigenvalue weighted by Gasteiger charge is 2.16. The van der Waals surface area contributed by atoms with E-state index in [4.69, 9.17) is 9.84 Å². The number of amides is 1. The van der Waals surface area contributed by atoms with Gasteiger partial charge in [-0.25, -0.2) is 0 Å². The number of carbonyl (C=O) groups is 2. The maximum Gasteiger partial charge on any atom is 0.307 e. The van der Waals surface area contributed by atoms with E-state index in [0.717, 1.165) is 5.56 Å². The molecule has 0 aromatic heterocycles. The smallest absolute Gasteiger partial charge is 0.307 e. The molecule has 33 heavy (non-hydrogen) atoms. The predicted octanol–water partition coefficient (Wildman–Crippen LogP) is 5.19. The lowest BCUT2D eigenvalue weighted by Gasteiger charge is -2.14. The van der Waals surface area contributed by atoms with Crippen LogP contribution < -0.4 is 10.1 Å². The number of hydrogen-bond donors (Lipinski definition) is 4. The fourth-order valence-corrected chi connectivity index (χ4v) is 4.57. The van der Waals surface area contributed by atoms with E-state index in [1.54, 1.807) is 12.1 Å². The minimum atomic E-state index is -0.951. The van der Waals surface area contributed by atoms with E-state index in [1.807, 2.05) is 30.3 Å². The summed E-state index contributed by atoms with van der Waals surface area (Å²) in [6.45, 7) is 0.210. The van der Waals surface area contributed by atoms with Gasteiger partial charge in [-0.1, -0.05) is 30.3 Å². The topological polar surface area (TPSA) is 116 Å². The van der Waals surface area contributed by atoms with E-state index in [-0.39, 0.29) is 24.3 Å². The summed E-state index contributed by atoms with van der Waals surface area (Å²) in [6, 6.07) is 16.7. The molecule has 1 amide bonds. The van der Waals surface area contributed by atoms with Crippen LogP contribution in [0.1, 0.15) is 34.0 Å². The van der Waals surface area contributed by atoms with Crippen molar-refractivity contribution in [3.05, 3.63) is 86.3 Å². The second-order valence-corrected chi connectivity index (χ2v) is 8.92. The molecule has 1 unspecified atom stereocenters. The van der Waals surface area contributed by atoms with Crippen LogP contribution in [0, 0.1) is 0 Å². The van der Waals surface area contributed by atoms with Gasteiger partial charge in [0.1, 0.15) is 11.5 Å². The van der Waals surface area contributed by atoms with Gasteiger partial charge in [0.15, 0.2) is 5.75 Å². The highest BCUT2D eigenvalue weighted by atomic mass is 79.9. The summed E-state index contributed by atoms with van der Waals surface area (Å²) in [5.74, 6) is -0.971. The van der Waals surface area contributed by atoms with Crippen LogP contribution in [0.25, 0.3) is 0 Å². The third kappa shape index (κ3) is 6.80. The van der Waals surface area contributed by atoms with Gasteiger partial charge in [-0.05, 0) is 79.7 Å². The van der Waals surface area contributed by atoms with E-state index in [2.05, 4.69) is 37.2 Å². The lowest BCUT2D eigenvalue weighted by atomic mass is 10.1. The summed E-state index contributed by atoms with van der Waals surface area (Å²) in [7, 11) is 0. The summed E-state index contributed by atoms with van der Waals surface area (Å²) < 4.78 is 6.93. The Hall–Kier alpha value is -2.88. The van der Waals surface area contributed by atoms with Crippen LogP contribution in [0.3, 0.4) is 0 Å². The molecular weight excluding hydrogens is 558 g/mol. The molecule has 0 saturated carbocycles. The molecule has 0 spiro atoms. The fraction of sp³-hybridized carbons (Fsp3) is 0.167. The number of benzene rings is 3. The summed E-state index contributed by atoms with van der Waals surface area (Å²) in [5, 5.41) is 32.0. The van der Waals surface area contributed by atoms with Crippen molar-refractivity contribution in [1.29, 1.82) is 0 Å². The Morgan fingerprint density at radius 1 is 1.00 bits per heavy atom. The molecule has 0 aliphatic heterocycles. The normalized spacial score (nSPS) is 11.6. The summed E-state index contributed by atoms with van der Waals surface area (Å²) in [6.07, 6.45) is -0.538. The predicted molar refractivity (Wildman–Crippen MR) is 130 cm³/mol. The van der Waals surface area contributed by atoms with Crippen LogP contribution >= 0.6 is 31.9 Å². The van der Waals surface area contributed by atoms with E-state index in [0.29, 0.717) is 32.4 Å². The third-order valence-electron chi connectivity index (χ3n) is 4.73. The number of phenolic OH excluding ortho intramolecular Hbond substituents is 1. The molecule has 9 heteroatoms. The Bertz CT molecular complexity index is 1130. The molecule has 0 radical (unpaired) electrons. The molecule has 172 valence electrons. The first-order valence-corrected chi connectivity index (χ1v) is 11.5. The molecule has 0 bridgehead atoms. The summed E-state index contributed by atoms with van der Waals surface area (Å²) in [5.41, 5.74) is 1.36. The largest absolute Gasteiger partial charge is 0.507 e. The molecule has 7 nitrogen and oxygen atoms in total. The zero-order valence-corrected chi connectivity index (χ0v) is 20.5. The second-order valence-electron chi connectivity index (χ2n) is 7.21. The Morgan fingerprint density at radius 3 is 2.30 bits per heavy atom. The number of aliphatic carboxylic acids is 1. The van der Waals surface area contributed by atoms with Crippen molar-refractivity contribution in [1.82, 2.24) is 5.32 Å². The second kappa shape index (κ2) is 11.3. The Labute approximate surface area is 207 Å². The minimum Gasteiger partial charge on any atom is -0.507 e. The van der Waals surface area contributed by atoms with Crippen LogP contribution in [0.2, 0.25) is 0 Å². The first-order valence-electron chi connectivity index (χ1n) is 9.96. The molecule has 1 atom stereocenters. The highest BCUT2D eigenvalue weighted by molar-refractivity contribution is 9.11. The maximum atomic E-state index is 12.6. The zero-order valence-electron chi connectivity index (χ0n) is 17.3. The highest BCUT2D eigenvalue weighted by Crippen LogP contribution is 2.38. The van der Waals surface area contributed by atoms with Crippen molar-refractivity contribution in [3.63, 3.8) is 0 Å². The van der Waals surface area contributed by atoms with Gasteiger partial charge in [0.05, 0.1) is 27.0 Å². The average molecular weight is 579 g/mol. The molecule has 0 aliphatic rings. The number of nitrogens with one attached hydrogen (secondary N) is 1. The van der Waals surface area contributed by atoms with Crippen LogP contribution in [-0.2, 0) is 11.2 Å². The number of aromatic hydroxyl groups is 1. The quantitative estimate of drug-likeness (QED) is 0.278. The maximum absolute atomic E-state index is 12.6. The van der Waals surface area contributed by atoms with Gasteiger partial charge in [0.25, 0.3) is 5.91 Å². The standard InChI is InChI=1S/C24H21Br2NO6/c25-18-10-14(12-22(30)31)11-19(26)23(18)33-16-6-7-21(29)17(13-16)24(32)27-9-8-20(28)15-4-2-1-3-5-15/h1-7,10-11,13,20,28-29H,8-9,12H2,(H,27,32)(H,30,31). The molecule has 3 rings (SSSR count). The zero-order chi connectivity index (χ0) is 24.0. The number of carboxylic acid groups (broad SMARTS) is 1. The molecule has 0 saturated heterocycles. The molecular formula is C24H21Br2NO6. The Morgan fingerprint density at radius 2 is 1.67 bits per heavy atom. The number of halogens is 2. The van der Waals surface area contributed by atoms with Gasteiger partial charge in [-0.15, -0.1) is 0 Å². The van der Waals surface area contributed by atoms with Crippen molar-refractivity contribution >= 4 is 43.7 Å². The first-order chi connectivity index (χ1) is 15.7. The number of carbonyl (C=O) groups excluding carboxylic acids is 1. The van der Waals surface area contributed by atoms with Crippen LogP contribution in [0.15, 0.2) is 69.6 Å². The number of phenols is 1. The van der Waals surface area contributed by atoms with E-state index >= 15 is 0 Å². The van der Waals surface area contributed by atoms with Crippen molar-refractivity contribution < 1.29 is 29.6 Å². The lowest BCUT2D eigenvalue weighted by Crippen LogP contribution is -2.25. The van der Waals surface area contributed by atoms with Gasteiger partial charge in [0.2, 0.25) is 0 Å². The summed E-state index contributed by atoms with van der Waals surface area (Å²) >= 11 is 6.75. The Balaban J connectivity index is 1.68. The molecule has 3 aromatic carbocycles. The average Bonchev–Trinajstić information content (AvgIpc) is 2.77. The van der Waals surface area contributed by atoms with E-state index in [9.17, 15) is 19.8 Å². The van der Waals surface area contributed by atoms with Crippen molar-refractivity contribution in [2.24, 2.45) is 0 Å². The van der Waals surface area contributed by atoms with E-state index in [1.165, 1.54) is 18.2 Å².